The molecule has 25 heavy (non-hydrogen) atoms. The second-order valence-electron chi connectivity index (χ2n) is 5.57. The van der Waals surface area contributed by atoms with Crippen LogP contribution in [0.25, 0.3) is 0 Å². The van der Waals surface area contributed by atoms with E-state index in [2.05, 4.69) is 5.32 Å². The standard InChI is InChI=1S/C18H16F3NO3/c1-11-5-2-3-6-12(11)10-15(17(24)25)22-16(23)13-7-4-8-14(9-13)18(19,20)21/h2-9,15H,10H2,1H3,(H,22,23)(H,24,25)/t15-/m0/s1. The molecule has 0 aliphatic heterocycles. The number of carbonyl (C=O) groups excluding carboxylic acids is 1. The van der Waals surface area contributed by atoms with E-state index in [0.717, 1.165) is 23.3 Å². The smallest absolute Gasteiger partial charge is 0.416 e. The van der Waals surface area contributed by atoms with Gasteiger partial charge in [0.1, 0.15) is 6.04 Å². The Kier molecular flexibility index (Phi) is 5.46. The maximum atomic E-state index is 12.7. The van der Waals surface area contributed by atoms with Crippen LogP contribution in [0.1, 0.15) is 27.0 Å². The van der Waals surface area contributed by atoms with Crippen molar-refractivity contribution in [3.63, 3.8) is 0 Å². The lowest BCUT2D eigenvalue weighted by atomic mass is 10.0. The second kappa shape index (κ2) is 7.38. The van der Waals surface area contributed by atoms with Crippen molar-refractivity contribution in [3.05, 3.63) is 70.8 Å². The lowest BCUT2D eigenvalue weighted by Crippen LogP contribution is -2.42. The minimum absolute atomic E-state index is 0.0344. The lowest BCUT2D eigenvalue weighted by molar-refractivity contribution is -0.139. The van der Waals surface area contributed by atoms with Gasteiger partial charge in [0, 0.05) is 12.0 Å². The molecule has 4 nitrogen and oxygen atoms in total. The average Bonchev–Trinajstić information content (AvgIpc) is 2.55. The number of halogens is 3. The molecule has 0 bridgehead atoms. The van der Waals surface area contributed by atoms with E-state index in [1.54, 1.807) is 18.2 Å². The molecule has 0 saturated carbocycles. The molecule has 1 amide bonds. The number of hydrogen-bond donors (Lipinski definition) is 2. The van der Waals surface area contributed by atoms with Crippen molar-refractivity contribution in [3.8, 4) is 0 Å². The van der Waals surface area contributed by atoms with Gasteiger partial charge >= 0.3 is 12.1 Å². The maximum Gasteiger partial charge on any atom is 0.416 e. The van der Waals surface area contributed by atoms with Crippen LogP contribution in [0.2, 0.25) is 0 Å². The quantitative estimate of drug-likeness (QED) is 0.867. The minimum atomic E-state index is -4.58. The van der Waals surface area contributed by atoms with Crippen molar-refractivity contribution < 1.29 is 27.9 Å². The Morgan fingerprint density at radius 2 is 1.80 bits per heavy atom. The van der Waals surface area contributed by atoms with Gasteiger partial charge in [-0.1, -0.05) is 30.3 Å². The number of hydrogen-bond acceptors (Lipinski definition) is 2. The number of amides is 1. The molecule has 0 unspecified atom stereocenters. The molecule has 0 aromatic heterocycles. The van der Waals surface area contributed by atoms with E-state index in [1.165, 1.54) is 6.07 Å². The van der Waals surface area contributed by atoms with E-state index in [0.29, 0.717) is 6.07 Å². The van der Waals surface area contributed by atoms with Gasteiger partial charge in [-0.25, -0.2) is 4.79 Å². The number of nitrogens with one attached hydrogen (secondary N) is 1. The Balaban J connectivity index is 2.18. The average molecular weight is 351 g/mol. The molecule has 7 heteroatoms. The highest BCUT2D eigenvalue weighted by Crippen LogP contribution is 2.29. The summed E-state index contributed by atoms with van der Waals surface area (Å²) in [5.41, 5.74) is 0.387. The van der Waals surface area contributed by atoms with Gasteiger partial charge in [-0.05, 0) is 36.2 Å². The Bertz CT molecular complexity index is 787. The first-order chi connectivity index (χ1) is 11.7. The number of benzene rings is 2. The van der Waals surface area contributed by atoms with Gasteiger partial charge in [-0.3, -0.25) is 4.79 Å². The SMILES string of the molecule is Cc1ccccc1C[C@H](NC(=O)c1cccc(C(F)(F)F)c1)C(=O)O. The molecule has 2 rings (SSSR count). The summed E-state index contributed by atoms with van der Waals surface area (Å²) < 4.78 is 38.2. The third-order valence-electron chi connectivity index (χ3n) is 3.74. The molecule has 0 saturated heterocycles. The van der Waals surface area contributed by atoms with E-state index in [1.807, 2.05) is 13.0 Å². The summed E-state index contributed by atoms with van der Waals surface area (Å²) in [5, 5.41) is 11.6. The number of carboxylic acid groups (broad SMARTS) is 1. The zero-order valence-corrected chi connectivity index (χ0v) is 13.3. The largest absolute Gasteiger partial charge is 0.480 e. The number of aliphatic carboxylic acids is 1. The third kappa shape index (κ3) is 4.82. The van der Waals surface area contributed by atoms with Gasteiger partial charge < -0.3 is 10.4 Å². The van der Waals surface area contributed by atoms with Gasteiger partial charge in [0.25, 0.3) is 5.91 Å². The van der Waals surface area contributed by atoms with Crippen LogP contribution in [-0.4, -0.2) is 23.0 Å². The first kappa shape index (κ1) is 18.5. The first-order valence-corrected chi connectivity index (χ1v) is 7.44. The van der Waals surface area contributed by atoms with Crippen LogP contribution in [0, 0.1) is 6.92 Å². The fourth-order valence-corrected chi connectivity index (χ4v) is 2.34. The summed E-state index contributed by atoms with van der Waals surface area (Å²) in [4.78, 5) is 23.6. The maximum absolute atomic E-state index is 12.7. The van der Waals surface area contributed by atoms with Crippen LogP contribution in [0.5, 0.6) is 0 Å². The predicted octanol–water partition coefficient (Wildman–Crippen LogP) is 3.44. The summed E-state index contributed by atoms with van der Waals surface area (Å²) in [5.74, 6) is -2.13. The van der Waals surface area contributed by atoms with E-state index in [4.69, 9.17) is 0 Å². The molecule has 0 aliphatic rings. The Morgan fingerprint density at radius 1 is 1.12 bits per heavy atom. The molecule has 0 spiro atoms. The van der Waals surface area contributed by atoms with E-state index in [9.17, 15) is 27.9 Å². The highest BCUT2D eigenvalue weighted by atomic mass is 19.4. The normalized spacial score (nSPS) is 12.5. The summed E-state index contributed by atoms with van der Waals surface area (Å²) in [6, 6.07) is 9.70. The molecule has 1 atom stereocenters. The Hall–Kier alpha value is -2.83. The van der Waals surface area contributed by atoms with Crippen molar-refractivity contribution in [2.75, 3.05) is 0 Å². The van der Waals surface area contributed by atoms with Crippen molar-refractivity contribution in [1.29, 1.82) is 0 Å². The number of alkyl halides is 3. The molecule has 2 N–H and O–H groups in total. The lowest BCUT2D eigenvalue weighted by Gasteiger charge is -2.16. The van der Waals surface area contributed by atoms with Crippen LogP contribution in [0.3, 0.4) is 0 Å². The van der Waals surface area contributed by atoms with Crippen LogP contribution < -0.4 is 5.32 Å². The number of rotatable bonds is 5. The third-order valence-corrected chi connectivity index (χ3v) is 3.74. The van der Waals surface area contributed by atoms with Gasteiger partial charge in [0.2, 0.25) is 0 Å². The van der Waals surface area contributed by atoms with Gasteiger partial charge in [0.05, 0.1) is 5.56 Å². The molecule has 2 aromatic carbocycles. The zero-order valence-electron chi connectivity index (χ0n) is 13.3. The zero-order chi connectivity index (χ0) is 18.6. The molecule has 2 aromatic rings. The fourth-order valence-electron chi connectivity index (χ4n) is 2.34. The van der Waals surface area contributed by atoms with Crippen LogP contribution in [0.4, 0.5) is 13.2 Å². The van der Waals surface area contributed by atoms with Crippen molar-refractivity contribution in [1.82, 2.24) is 5.32 Å². The second-order valence-corrected chi connectivity index (χ2v) is 5.57. The summed E-state index contributed by atoms with van der Waals surface area (Å²) in [6.07, 6.45) is -4.55. The molecule has 0 aliphatic carbocycles. The number of carboxylic acids is 1. The van der Waals surface area contributed by atoms with E-state index >= 15 is 0 Å². The fraction of sp³-hybridized carbons (Fsp3) is 0.222. The number of aryl methyl sites for hydroxylation is 1. The summed E-state index contributed by atoms with van der Waals surface area (Å²) in [6.45, 7) is 1.81. The molecular formula is C18H16F3NO3. The molecule has 132 valence electrons. The monoisotopic (exact) mass is 351 g/mol. The van der Waals surface area contributed by atoms with Crippen LogP contribution >= 0.6 is 0 Å². The van der Waals surface area contributed by atoms with Gasteiger partial charge in [-0.2, -0.15) is 13.2 Å². The summed E-state index contributed by atoms with van der Waals surface area (Å²) in [7, 11) is 0. The predicted molar refractivity (Wildman–Crippen MR) is 85.2 cm³/mol. The Labute approximate surface area is 142 Å². The molecule has 0 heterocycles. The minimum Gasteiger partial charge on any atom is -0.480 e. The molecular weight excluding hydrogens is 335 g/mol. The van der Waals surface area contributed by atoms with Crippen molar-refractivity contribution in [2.24, 2.45) is 0 Å². The van der Waals surface area contributed by atoms with Crippen molar-refractivity contribution in [2.45, 2.75) is 25.6 Å². The van der Waals surface area contributed by atoms with E-state index in [-0.39, 0.29) is 12.0 Å². The Morgan fingerprint density at radius 3 is 2.40 bits per heavy atom. The van der Waals surface area contributed by atoms with Crippen LogP contribution in [-0.2, 0) is 17.4 Å². The van der Waals surface area contributed by atoms with E-state index < -0.39 is 29.7 Å². The van der Waals surface area contributed by atoms with Crippen LogP contribution in [0.15, 0.2) is 48.5 Å². The highest BCUT2D eigenvalue weighted by Gasteiger charge is 2.31. The summed E-state index contributed by atoms with van der Waals surface area (Å²) >= 11 is 0. The first-order valence-electron chi connectivity index (χ1n) is 7.44. The van der Waals surface area contributed by atoms with Gasteiger partial charge in [0.15, 0.2) is 0 Å². The molecule has 0 radical (unpaired) electrons. The topological polar surface area (TPSA) is 66.4 Å². The molecule has 0 fully saturated rings. The van der Waals surface area contributed by atoms with Crippen molar-refractivity contribution >= 4 is 11.9 Å². The van der Waals surface area contributed by atoms with Gasteiger partial charge in [-0.15, -0.1) is 0 Å². The highest BCUT2D eigenvalue weighted by molar-refractivity contribution is 5.96. The number of carbonyl (C=O) groups is 2.